The molecule has 0 spiro atoms. The first-order chi connectivity index (χ1) is 16.9. The van der Waals surface area contributed by atoms with E-state index in [1.807, 2.05) is 55.5 Å². The molecule has 2 aromatic carbocycles. The number of furan rings is 1. The standard InChI is InChI=1S/C27H22N4O3S/c1-17-4-6-20(7-5-17)26-29-22(15-35-26)25(32)19-10-8-18(9-11-19)23-12-13-24(34-23)31-14-21(28-16-31)27(33)30(2)3/h4-16H,1-3H3. The first-order valence-electron chi connectivity index (χ1n) is 10.9. The number of ketones is 1. The minimum Gasteiger partial charge on any atom is -0.440 e. The highest BCUT2D eigenvalue weighted by Crippen LogP contribution is 2.27. The Hall–Kier alpha value is -4.30. The molecule has 0 aliphatic heterocycles. The maximum atomic E-state index is 13.0. The molecule has 0 fully saturated rings. The van der Waals surface area contributed by atoms with E-state index in [0.29, 0.717) is 28.6 Å². The van der Waals surface area contributed by atoms with Crippen LogP contribution >= 0.6 is 11.3 Å². The maximum absolute atomic E-state index is 13.0. The molecule has 0 atom stereocenters. The van der Waals surface area contributed by atoms with Crippen LogP contribution in [0.5, 0.6) is 0 Å². The lowest BCUT2D eigenvalue weighted by Crippen LogP contribution is -2.21. The van der Waals surface area contributed by atoms with Gasteiger partial charge in [0, 0.05) is 48.4 Å². The van der Waals surface area contributed by atoms with E-state index in [-0.39, 0.29) is 11.7 Å². The fraction of sp³-hybridized carbons (Fsp3) is 0.111. The second-order valence-electron chi connectivity index (χ2n) is 8.31. The highest BCUT2D eigenvalue weighted by molar-refractivity contribution is 7.13. The van der Waals surface area contributed by atoms with E-state index in [4.69, 9.17) is 4.42 Å². The van der Waals surface area contributed by atoms with Crippen LogP contribution in [-0.2, 0) is 0 Å². The summed E-state index contributed by atoms with van der Waals surface area (Å²) < 4.78 is 7.62. The number of carbonyl (C=O) groups is 2. The zero-order valence-electron chi connectivity index (χ0n) is 19.4. The summed E-state index contributed by atoms with van der Waals surface area (Å²) in [5.41, 5.74) is 4.34. The van der Waals surface area contributed by atoms with Gasteiger partial charge in [0.25, 0.3) is 5.91 Å². The predicted molar refractivity (Wildman–Crippen MR) is 135 cm³/mol. The van der Waals surface area contributed by atoms with Crippen LogP contribution in [0.1, 0.15) is 32.1 Å². The third-order valence-corrected chi connectivity index (χ3v) is 6.41. The summed E-state index contributed by atoms with van der Waals surface area (Å²) in [5, 5.41) is 2.62. The third-order valence-electron chi connectivity index (χ3n) is 5.52. The van der Waals surface area contributed by atoms with Gasteiger partial charge in [-0.3, -0.25) is 14.2 Å². The van der Waals surface area contributed by atoms with E-state index in [1.54, 1.807) is 48.7 Å². The predicted octanol–water partition coefficient (Wildman–Crippen LogP) is 5.50. The number of benzene rings is 2. The normalized spacial score (nSPS) is 10.9. The van der Waals surface area contributed by atoms with Gasteiger partial charge in [-0.05, 0) is 13.0 Å². The molecule has 174 valence electrons. The van der Waals surface area contributed by atoms with Crippen molar-refractivity contribution in [1.29, 1.82) is 0 Å². The van der Waals surface area contributed by atoms with Gasteiger partial charge >= 0.3 is 0 Å². The lowest BCUT2D eigenvalue weighted by Gasteiger charge is -2.06. The zero-order valence-corrected chi connectivity index (χ0v) is 20.2. The van der Waals surface area contributed by atoms with Crippen molar-refractivity contribution in [3.63, 3.8) is 0 Å². The van der Waals surface area contributed by atoms with Gasteiger partial charge in [-0.2, -0.15) is 0 Å². The highest BCUT2D eigenvalue weighted by atomic mass is 32.1. The van der Waals surface area contributed by atoms with Crippen molar-refractivity contribution in [2.45, 2.75) is 6.92 Å². The molecule has 1 amide bonds. The number of hydrogen-bond donors (Lipinski definition) is 0. The smallest absolute Gasteiger partial charge is 0.273 e. The molecule has 35 heavy (non-hydrogen) atoms. The molecule has 0 radical (unpaired) electrons. The van der Waals surface area contributed by atoms with Crippen molar-refractivity contribution in [2.24, 2.45) is 0 Å². The van der Waals surface area contributed by atoms with Crippen molar-refractivity contribution in [3.8, 4) is 27.8 Å². The van der Waals surface area contributed by atoms with Gasteiger partial charge in [-0.25, -0.2) is 9.97 Å². The van der Waals surface area contributed by atoms with Gasteiger partial charge in [0.15, 0.2) is 0 Å². The average molecular weight is 483 g/mol. The topological polar surface area (TPSA) is 81.2 Å². The van der Waals surface area contributed by atoms with Gasteiger partial charge in [0.1, 0.15) is 28.5 Å². The van der Waals surface area contributed by atoms with Crippen LogP contribution in [0.15, 0.2) is 83.0 Å². The van der Waals surface area contributed by atoms with E-state index in [0.717, 1.165) is 16.1 Å². The summed E-state index contributed by atoms with van der Waals surface area (Å²) in [7, 11) is 3.36. The summed E-state index contributed by atoms with van der Waals surface area (Å²) >= 11 is 1.46. The van der Waals surface area contributed by atoms with Crippen molar-refractivity contribution >= 4 is 23.0 Å². The molecular weight excluding hydrogens is 460 g/mol. The van der Waals surface area contributed by atoms with Crippen molar-refractivity contribution in [1.82, 2.24) is 19.4 Å². The van der Waals surface area contributed by atoms with Crippen LogP contribution in [0.2, 0.25) is 0 Å². The molecule has 0 unspecified atom stereocenters. The van der Waals surface area contributed by atoms with E-state index >= 15 is 0 Å². The Bertz CT molecular complexity index is 1510. The SMILES string of the molecule is Cc1ccc(-c2nc(C(=O)c3ccc(-c4ccc(-n5cnc(C(=O)N(C)C)c5)o4)cc3)cs2)cc1. The molecule has 0 saturated heterocycles. The number of hydrogen-bond acceptors (Lipinski definition) is 6. The molecule has 0 N–H and O–H groups in total. The summed E-state index contributed by atoms with van der Waals surface area (Å²) in [5.74, 6) is 0.879. The Morgan fingerprint density at radius 2 is 1.63 bits per heavy atom. The van der Waals surface area contributed by atoms with Crippen LogP contribution in [-0.4, -0.2) is 45.2 Å². The monoisotopic (exact) mass is 482 g/mol. The Kier molecular flexibility index (Phi) is 5.88. The molecule has 0 bridgehead atoms. The molecule has 0 saturated carbocycles. The van der Waals surface area contributed by atoms with Crippen LogP contribution < -0.4 is 0 Å². The fourth-order valence-electron chi connectivity index (χ4n) is 3.54. The number of thiazole rings is 1. The van der Waals surface area contributed by atoms with Crippen LogP contribution in [0.4, 0.5) is 0 Å². The highest BCUT2D eigenvalue weighted by Gasteiger charge is 2.16. The van der Waals surface area contributed by atoms with E-state index in [1.165, 1.54) is 21.8 Å². The number of aromatic nitrogens is 3. The molecule has 8 heteroatoms. The zero-order chi connectivity index (χ0) is 24.5. The number of imidazole rings is 1. The average Bonchev–Trinajstić information content (AvgIpc) is 3.64. The Morgan fingerprint density at radius 1 is 0.914 bits per heavy atom. The lowest BCUT2D eigenvalue weighted by atomic mass is 10.1. The van der Waals surface area contributed by atoms with Crippen molar-refractivity contribution < 1.29 is 14.0 Å². The Balaban J connectivity index is 1.32. The van der Waals surface area contributed by atoms with Crippen LogP contribution in [0.3, 0.4) is 0 Å². The molecule has 0 aliphatic rings. The molecular formula is C27H22N4O3S. The third kappa shape index (κ3) is 4.56. The van der Waals surface area contributed by atoms with Gasteiger partial charge in [-0.15, -0.1) is 11.3 Å². The van der Waals surface area contributed by atoms with E-state index < -0.39 is 0 Å². The van der Waals surface area contributed by atoms with E-state index in [2.05, 4.69) is 9.97 Å². The molecule has 0 aliphatic carbocycles. The second-order valence-corrected chi connectivity index (χ2v) is 9.17. The summed E-state index contributed by atoms with van der Waals surface area (Å²) in [6.07, 6.45) is 3.17. The number of nitrogens with zero attached hydrogens (tertiary/aromatic N) is 4. The molecule has 5 rings (SSSR count). The summed E-state index contributed by atoms with van der Waals surface area (Å²) in [4.78, 5) is 35.2. The van der Waals surface area contributed by atoms with Crippen molar-refractivity contribution in [2.75, 3.05) is 14.1 Å². The van der Waals surface area contributed by atoms with Gasteiger partial charge in [0.2, 0.25) is 11.7 Å². The molecule has 3 aromatic heterocycles. The first-order valence-corrected chi connectivity index (χ1v) is 11.8. The first kappa shape index (κ1) is 22.5. The molecule has 5 aromatic rings. The van der Waals surface area contributed by atoms with E-state index in [9.17, 15) is 9.59 Å². The summed E-state index contributed by atoms with van der Waals surface area (Å²) in [6.45, 7) is 2.04. The van der Waals surface area contributed by atoms with Crippen LogP contribution in [0, 0.1) is 6.92 Å². The second kappa shape index (κ2) is 9.15. The lowest BCUT2D eigenvalue weighted by molar-refractivity contribution is 0.0822. The van der Waals surface area contributed by atoms with Crippen molar-refractivity contribution in [3.05, 3.63) is 101 Å². The maximum Gasteiger partial charge on any atom is 0.273 e. The number of carbonyl (C=O) groups excluding carboxylic acids is 2. The van der Waals surface area contributed by atoms with Crippen LogP contribution in [0.25, 0.3) is 27.8 Å². The summed E-state index contributed by atoms with van der Waals surface area (Å²) in [6, 6.07) is 19.0. The number of aryl methyl sites for hydroxylation is 1. The Morgan fingerprint density at radius 3 is 2.34 bits per heavy atom. The Labute approximate surface area is 206 Å². The largest absolute Gasteiger partial charge is 0.440 e. The number of rotatable bonds is 6. The fourth-order valence-corrected chi connectivity index (χ4v) is 4.35. The van der Waals surface area contributed by atoms with Gasteiger partial charge in [0.05, 0.1) is 0 Å². The van der Waals surface area contributed by atoms with Gasteiger partial charge in [-0.1, -0.05) is 54.1 Å². The minimum absolute atomic E-state index is 0.122. The number of amides is 1. The minimum atomic E-state index is -0.179. The van der Waals surface area contributed by atoms with Gasteiger partial charge < -0.3 is 9.32 Å². The molecule has 3 heterocycles. The quantitative estimate of drug-likeness (QED) is 0.299. The molecule has 7 nitrogen and oxygen atoms in total.